The normalized spacial score (nSPS) is 10.4. The van der Waals surface area contributed by atoms with Gasteiger partial charge in [0.1, 0.15) is 11.6 Å². The standard InChI is InChI=1S/C13H15N3O2/c14-12(18)2-1-6-15-13-11-8-10(17)4-3-9(11)5-7-16-13/h3-5,7-8,17H,1-2,6H2,(H2,14,18)(H,15,16). The molecular weight excluding hydrogens is 230 g/mol. The molecule has 1 aromatic carbocycles. The first-order valence-corrected chi connectivity index (χ1v) is 5.77. The van der Waals surface area contributed by atoms with Crippen LogP contribution in [0.3, 0.4) is 0 Å². The summed E-state index contributed by atoms with van der Waals surface area (Å²) in [6.07, 6.45) is 2.71. The van der Waals surface area contributed by atoms with Crippen molar-refractivity contribution in [1.82, 2.24) is 4.98 Å². The van der Waals surface area contributed by atoms with Gasteiger partial charge < -0.3 is 16.2 Å². The summed E-state index contributed by atoms with van der Waals surface area (Å²) in [4.78, 5) is 14.8. The number of nitrogens with two attached hydrogens (primary N) is 1. The lowest BCUT2D eigenvalue weighted by molar-refractivity contribution is -0.118. The third kappa shape index (κ3) is 2.88. The van der Waals surface area contributed by atoms with E-state index in [0.29, 0.717) is 25.2 Å². The van der Waals surface area contributed by atoms with Gasteiger partial charge in [0.2, 0.25) is 5.91 Å². The molecule has 2 rings (SSSR count). The van der Waals surface area contributed by atoms with Crippen molar-refractivity contribution in [3.8, 4) is 5.75 Å². The minimum absolute atomic E-state index is 0.204. The molecule has 0 aliphatic rings. The number of benzene rings is 1. The van der Waals surface area contributed by atoms with Crippen LogP contribution in [0.1, 0.15) is 12.8 Å². The fourth-order valence-electron chi connectivity index (χ4n) is 1.77. The van der Waals surface area contributed by atoms with Crippen molar-refractivity contribution in [2.24, 2.45) is 5.73 Å². The Labute approximate surface area is 105 Å². The van der Waals surface area contributed by atoms with Crippen LogP contribution in [0, 0.1) is 0 Å². The average molecular weight is 245 g/mol. The summed E-state index contributed by atoms with van der Waals surface area (Å²) in [5.41, 5.74) is 5.07. The average Bonchev–Trinajstić information content (AvgIpc) is 2.34. The monoisotopic (exact) mass is 245 g/mol. The summed E-state index contributed by atoms with van der Waals surface area (Å²) in [5, 5.41) is 14.5. The molecule has 2 aromatic rings. The topological polar surface area (TPSA) is 88.2 Å². The van der Waals surface area contributed by atoms with E-state index in [1.165, 1.54) is 0 Å². The molecule has 0 aliphatic carbocycles. The van der Waals surface area contributed by atoms with Crippen molar-refractivity contribution in [1.29, 1.82) is 0 Å². The molecule has 0 spiro atoms. The van der Waals surface area contributed by atoms with Gasteiger partial charge in [0, 0.05) is 24.5 Å². The molecule has 5 nitrogen and oxygen atoms in total. The first-order valence-electron chi connectivity index (χ1n) is 5.77. The van der Waals surface area contributed by atoms with Gasteiger partial charge in [-0.25, -0.2) is 4.98 Å². The molecule has 94 valence electrons. The number of nitrogens with zero attached hydrogens (tertiary/aromatic N) is 1. The maximum Gasteiger partial charge on any atom is 0.217 e. The highest BCUT2D eigenvalue weighted by molar-refractivity contribution is 5.92. The molecule has 0 bridgehead atoms. The molecular formula is C13H15N3O2. The Morgan fingerprint density at radius 3 is 3.00 bits per heavy atom. The van der Waals surface area contributed by atoms with Gasteiger partial charge in [0.15, 0.2) is 0 Å². The minimum Gasteiger partial charge on any atom is -0.508 e. The number of hydrogen-bond donors (Lipinski definition) is 3. The van der Waals surface area contributed by atoms with Gasteiger partial charge in [-0.3, -0.25) is 4.79 Å². The van der Waals surface area contributed by atoms with Crippen LogP contribution in [0.25, 0.3) is 10.8 Å². The van der Waals surface area contributed by atoms with Gasteiger partial charge in [-0.05, 0) is 30.0 Å². The zero-order chi connectivity index (χ0) is 13.0. The number of nitrogens with one attached hydrogen (secondary N) is 1. The fraction of sp³-hybridized carbons (Fsp3) is 0.231. The highest BCUT2D eigenvalue weighted by Gasteiger charge is 2.03. The number of rotatable bonds is 5. The molecule has 0 atom stereocenters. The molecule has 0 aliphatic heterocycles. The third-order valence-electron chi connectivity index (χ3n) is 2.64. The van der Waals surface area contributed by atoms with Crippen LogP contribution in [-0.2, 0) is 4.79 Å². The third-order valence-corrected chi connectivity index (χ3v) is 2.64. The van der Waals surface area contributed by atoms with Crippen LogP contribution in [0.15, 0.2) is 30.5 Å². The molecule has 4 N–H and O–H groups in total. The number of hydrogen-bond acceptors (Lipinski definition) is 4. The maximum absolute atomic E-state index is 10.6. The Bertz CT molecular complexity index is 569. The van der Waals surface area contributed by atoms with Crippen LogP contribution in [-0.4, -0.2) is 22.5 Å². The lowest BCUT2D eigenvalue weighted by atomic mass is 10.1. The number of primary amides is 1. The van der Waals surface area contributed by atoms with E-state index < -0.39 is 0 Å². The Hall–Kier alpha value is -2.30. The number of aromatic hydroxyl groups is 1. The summed E-state index contributed by atoms with van der Waals surface area (Å²) >= 11 is 0. The number of fused-ring (bicyclic) bond motifs is 1. The Kier molecular flexibility index (Phi) is 3.62. The van der Waals surface area contributed by atoms with E-state index in [1.54, 1.807) is 18.3 Å². The number of aromatic nitrogens is 1. The summed E-state index contributed by atoms with van der Waals surface area (Å²) < 4.78 is 0. The Morgan fingerprint density at radius 2 is 2.22 bits per heavy atom. The fourth-order valence-corrected chi connectivity index (χ4v) is 1.77. The quantitative estimate of drug-likeness (QED) is 0.698. The largest absolute Gasteiger partial charge is 0.508 e. The minimum atomic E-state index is -0.305. The van der Waals surface area contributed by atoms with Crippen molar-refractivity contribution >= 4 is 22.5 Å². The Balaban J connectivity index is 2.12. The number of phenolic OH excluding ortho intramolecular Hbond substituents is 1. The van der Waals surface area contributed by atoms with Gasteiger partial charge >= 0.3 is 0 Å². The van der Waals surface area contributed by atoms with Gasteiger partial charge in [0.25, 0.3) is 0 Å². The van der Waals surface area contributed by atoms with Gasteiger partial charge in [-0.2, -0.15) is 0 Å². The molecule has 1 amide bonds. The molecule has 0 unspecified atom stereocenters. The molecule has 1 heterocycles. The zero-order valence-electron chi connectivity index (χ0n) is 9.89. The van der Waals surface area contributed by atoms with Crippen molar-refractivity contribution in [2.75, 3.05) is 11.9 Å². The van der Waals surface area contributed by atoms with Crippen LogP contribution in [0.5, 0.6) is 5.75 Å². The van der Waals surface area contributed by atoms with Crippen LogP contribution in [0.2, 0.25) is 0 Å². The van der Waals surface area contributed by atoms with E-state index in [-0.39, 0.29) is 11.7 Å². The highest BCUT2D eigenvalue weighted by Crippen LogP contribution is 2.24. The van der Waals surface area contributed by atoms with Gasteiger partial charge in [0.05, 0.1) is 0 Å². The number of anilines is 1. The van der Waals surface area contributed by atoms with E-state index in [0.717, 1.165) is 10.8 Å². The predicted molar refractivity (Wildman–Crippen MR) is 70.3 cm³/mol. The second kappa shape index (κ2) is 5.35. The molecule has 0 saturated carbocycles. The second-order valence-electron chi connectivity index (χ2n) is 4.06. The molecule has 0 fully saturated rings. The number of carbonyl (C=O) groups is 1. The highest BCUT2D eigenvalue weighted by atomic mass is 16.3. The van der Waals surface area contributed by atoms with Crippen molar-refractivity contribution < 1.29 is 9.90 Å². The number of phenols is 1. The van der Waals surface area contributed by atoms with Gasteiger partial charge in [-0.1, -0.05) is 6.07 Å². The molecule has 0 saturated heterocycles. The summed E-state index contributed by atoms with van der Waals surface area (Å²) in [6, 6.07) is 7.02. The molecule has 0 radical (unpaired) electrons. The van der Waals surface area contributed by atoms with Crippen LogP contribution in [0.4, 0.5) is 5.82 Å². The smallest absolute Gasteiger partial charge is 0.217 e. The van der Waals surface area contributed by atoms with Crippen LogP contribution >= 0.6 is 0 Å². The van der Waals surface area contributed by atoms with E-state index >= 15 is 0 Å². The zero-order valence-corrected chi connectivity index (χ0v) is 9.89. The van der Waals surface area contributed by atoms with E-state index in [4.69, 9.17) is 5.73 Å². The van der Waals surface area contributed by atoms with Crippen molar-refractivity contribution in [2.45, 2.75) is 12.8 Å². The first kappa shape index (κ1) is 12.2. The van der Waals surface area contributed by atoms with Crippen molar-refractivity contribution in [3.05, 3.63) is 30.5 Å². The van der Waals surface area contributed by atoms with E-state index in [1.807, 2.05) is 12.1 Å². The van der Waals surface area contributed by atoms with Crippen molar-refractivity contribution in [3.63, 3.8) is 0 Å². The summed E-state index contributed by atoms with van der Waals surface area (Å²) in [5.74, 6) is 0.601. The predicted octanol–water partition coefficient (Wildman–Crippen LogP) is 1.62. The summed E-state index contributed by atoms with van der Waals surface area (Å²) in [7, 11) is 0. The Morgan fingerprint density at radius 1 is 1.39 bits per heavy atom. The van der Waals surface area contributed by atoms with E-state index in [2.05, 4.69) is 10.3 Å². The number of carbonyl (C=O) groups excluding carboxylic acids is 1. The lowest BCUT2D eigenvalue weighted by Gasteiger charge is -2.08. The van der Waals surface area contributed by atoms with Crippen LogP contribution < -0.4 is 11.1 Å². The second-order valence-corrected chi connectivity index (χ2v) is 4.06. The summed E-state index contributed by atoms with van der Waals surface area (Å²) in [6.45, 7) is 0.616. The first-order chi connectivity index (χ1) is 8.66. The maximum atomic E-state index is 10.6. The van der Waals surface area contributed by atoms with Gasteiger partial charge in [-0.15, -0.1) is 0 Å². The number of pyridine rings is 1. The lowest BCUT2D eigenvalue weighted by Crippen LogP contribution is -2.13. The SMILES string of the molecule is NC(=O)CCCNc1nccc2ccc(O)cc12. The number of amides is 1. The molecule has 5 heteroatoms. The molecule has 1 aromatic heterocycles. The molecule has 18 heavy (non-hydrogen) atoms. The van der Waals surface area contributed by atoms with E-state index in [9.17, 15) is 9.90 Å².